The number of thiocarbonyl (C=S) groups is 1. The van der Waals surface area contributed by atoms with Crippen LogP contribution in [0.5, 0.6) is 0 Å². The van der Waals surface area contributed by atoms with Gasteiger partial charge in [-0.15, -0.1) is 0 Å². The number of nitrogens with one attached hydrogen (secondary N) is 3. The highest BCUT2D eigenvalue weighted by Crippen LogP contribution is 2.17. The lowest BCUT2D eigenvalue weighted by Gasteiger charge is -2.14. The first-order valence-corrected chi connectivity index (χ1v) is 6.87. The lowest BCUT2D eigenvalue weighted by molar-refractivity contribution is -0.856. The molecule has 0 unspecified atom stereocenters. The normalized spacial score (nSPS) is 10.2. The van der Waals surface area contributed by atoms with Crippen molar-refractivity contribution in [3.8, 4) is 0 Å². The number of hydrogen-bond acceptors (Lipinski definition) is 3. The number of quaternary nitrogens is 1. The summed E-state index contributed by atoms with van der Waals surface area (Å²) in [5.74, 6) is -0.358. The van der Waals surface area contributed by atoms with E-state index in [1.54, 1.807) is 12.1 Å². The molecule has 20 heavy (non-hydrogen) atoms. The number of carbonyl (C=O) groups excluding carboxylic acids is 1. The maximum atomic E-state index is 11.5. The van der Waals surface area contributed by atoms with E-state index < -0.39 is 0 Å². The van der Waals surface area contributed by atoms with Crippen molar-refractivity contribution in [1.29, 1.82) is 0 Å². The fourth-order valence-corrected chi connectivity index (χ4v) is 1.81. The Labute approximate surface area is 125 Å². The van der Waals surface area contributed by atoms with Gasteiger partial charge < -0.3 is 20.3 Å². The Morgan fingerprint density at radius 3 is 2.70 bits per heavy atom. The summed E-state index contributed by atoms with van der Waals surface area (Å²) in [4.78, 5) is 12.9. The number of carbonyl (C=O) groups is 1. The fraction of sp³-hybridized carbons (Fsp3) is 0.429. The lowest BCUT2D eigenvalue weighted by Crippen LogP contribution is -3.06. The predicted molar refractivity (Wildman–Crippen MR) is 84.4 cm³/mol. The molecule has 0 amide bonds. The van der Waals surface area contributed by atoms with Crippen molar-refractivity contribution in [1.82, 2.24) is 5.32 Å². The zero-order valence-electron chi connectivity index (χ0n) is 12.4. The van der Waals surface area contributed by atoms with Crippen LogP contribution in [0.3, 0.4) is 0 Å². The number of benzene rings is 1. The molecule has 0 fully saturated rings. The van der Waals surface area contributed by atoms with Gasteiger partial charge in [0.05, 0.1) is 39.9 Å². The van der Waals surface area contributed by atoms with Gasteiger partial charge in [-0.2, -0.15) is 0 Å². The standard InChI is InChI=1S/C14H21N3O2S/c1-10-5-6-11(13(18)19-4)9-12(10)16-14(20)15-7-8-17(2)3/h5-6,9H,7-8H2,1-4H3,(H2,15,16,20)/p+1. The maximum absolute atomic E-state index is 11.5. The lowest BCUT2D eigenvalue weighted by atomic mass is 10.1. The number of anilines is 1. The Bertz CT molecular complexity index is 489. The van der Waals surface area contributed by atoms with Gasteiger partial charge in [0, 0.05) is 5.69 Å². The van der Waals surface area contributed by atoms with Crippen molar-refractivity contribution in [2.75, 3.05) is 39.6 Å². The van der Waals surface area contributed by atoms with E-state index in [1.807, 2.05) is 13.0 Å². The van der Waals surface area contributed by atoms with Crippen LogP contribution in [0.2, 0.25) is 0 Å². The molecule has 1 aromatic carbocycles. The Morgan fingerprint density at radius 2 is 2.10 bits per heavy atom. The average molecular weight is 296 g/mol. The Balaban J connectivity index is 2.66. The first kappa shape index (κ1) is 16.4. The van der Waals surface area contributed by atoms with Crippen molar-refractivity contribution >= 4 is 29.0 Å². The summed E-state index contributed by atoms with van der Waals surface area (Å²) in [7, 11) is 5.54. The van der Waals surface area contributed by atoms with Crippen LogP contribution < -0.4 is 15.5 Å². The first-order chi connectivity index (χ1) is 9.43. The molecule has 0 atom stereocenters. The van der Waals surface area contributed by atoms with E-state index in [0.717, 1.165) is 24.3 Å². The molecule has 3 N–H and O–H groups in total. The molecule has 0 aliphatic rings. The maximum Gasteiger partial charge on any atom is 0.337 e. The monoisotopic (exact) mass is 296 g/mol. The summed E-state index contributed by atoms with van der Waals surface area (Å²) in [6, 6.07) is 5.34. The van der Waals surface area contributed by atoms with Gasteiger partial charge in [0.15, 0.2) is 5.11 Å². The van der Waals surface area contributed by atoms with Gasteiger partial charge in [0.25, 0.3) is 0 Å². The summed E-state index contributed by atoms with van der Waals surface area (Å²) in [6.45, 7) is 3.73. The number of esters is 1. The molecule has 0 saturated carbocycles. The third-order valence-electron chi connectivity index (χ3n) is 2.82. The third kappa shape index (κ3) is 5.14. The summed E-state index contributed by atoms with van der Waals surface area (Å²) in [5.41, 5.74) is 2.32. The van der Waals surface area contributed by atoms with Crippen LogP contribution >= 0.6 is 12.2 Å². The average Bonchev–Trinajstić information content (AvgIpc) is 2.40. The molecule has 5 nitrogen and oxygen atoms in total. The van der Waals surface area contributed by atoms with E-state index in [9.17, 15) is 4.79 Å². The van der Waals surface area contributed by atoms with Crippen molar-refractivity contribution in [2.24, 2.45) is 0 Å². The molecular weight excluding hydrogens is 274 g/mol. The second-order valence-electron chi connectivity index (χ2n) is 4.86. The quantitative estimate of drug-likeness (QED) is 0.536. The molecular formula is C14H22N3O2S+. The molecule has 0 radical (unpaired) electrons. The van der Waals surface area contributed by atoms with Crippen molar-refractivity contribution in [3.05, 3.63) is 29.3 Å². The molecule has 6 heteroatoms. The molecule has 0 heterocycles. The molecule has 110 valence electrons. The molecule has 0 bridgehead atoms. The number of rotatable bonds is 5. The zero-order valence-corrected chi connectivity index (χ0v) is 13.2. The number of methoxy groups -OCH3 is 1. The van der Waals surface area contributed by atoms with E-state index in [2.05, 4.69) is 24.7 Å². The molecule has 0 aliphatic carbocycles. The predicted octanol–water partition coefficient (Wildman–Crippen LogP) is 0.213. The van der Waals surface area contributed by atoms with Crippen LogP contribution in [0.1, 0.15) is 15.9 Å². The molecule has 0 saturated heterocycles. The second kappa shape index (κ2) is 7.81. The fourth-order valence-electron chi connectivity index (χ4n) is 1.59. The minimum Gasteiger partial charge on any atom is -0.465 e. The SMILES string of the molecule is COC(=O)c1ccc(C)c(NC(=S)NCC[NH+](C)C)c1. The Hall–Kier alpha value is -1.66. The van der Waals surface area contributed by atoms with Crippen LogP contribution in [0.4, 0.5) is 5.69 Å². The number of hydrogen-bond donors (Lipinski definition) is 3. The van der Waals surface area contributed by atoms with Gasteiger partial charge in [0.1, 0.15) is 0 Å². The summed E-state index contributed by atoms with van der Waals surface area (Å²) in [5, 5.41) is 6.79. The van der Waals surface area contributed by atoms with E-state index in [1.165, 1.54) is 12.0 Å². The Kier molecular flexibility index (Phi) is 6.41. The van der Waals surface area contributed by atoms with Gasteiger partial charge in [-0.3, -0.25) is 0 Å². The zero-order chi connectivity index (χ0) is 15.1. The highest BCUT2D eigenvalue weighted by atomic mass is 32.1. The first-order valence-electron chi connectivity index (χ1n) is 6.47. The van der Waals surface area contributed by atoms with Crippen LogP contribution in [-0.4, -0.2) is 45.4 Å². The summed E-state index contributed by atoms with van der Waals surface area (Å²) >= 11 is 5.24. The summed E-state index contributed by atoms with van der Waals surface area (Å²) < 4.78 is 4.71. The third-order valence-corrected chi connectivity index (χ3v) is 3.06. The van der Waals surface area contributed by atoms with E-state index >= 15 is 0 Å². The molecule has 0 aliphatic heterocycles. The van der Waals surface area contributed by atoms with E-state index in [-0.39, 0.29) is 5.97 Å². The number of likely N-dealkylation sites (N-methyl/N-ethyl adjacent to an activating group) is 1. The van der Waals surface area contributed by atoms with Crippen molar-refractivity contribution in [3.63, 3.8) is 0 Å². The van der Waals surface area contributed by atoms with Crippen molar-refractivity contribution in [2.45, 2.75) is 6.92 Å². The molecule has 1 aromatic rings. The van der Waals surface area contributed by atoms with Gasteiger partial charge in [-0.05, 0) is 36.8 Å². The Morgan fingerprint density at radius 1 is 1.40 bits per heavy atom. The van der Waals surface area contributed by atoms with Gasteiger partial charge in [0.2, 0.25) is 0 Å². The molecule has 1 rings (SSSR count). The number of ether oxygens (including phenoxy) is 1. The highest BCUT2D eigenvalue weighted by molar-refractivity contribution is 7.80. The second-order valence-corrected chi connectivity index (χ2v) is 5.27. The van der Waals surface area contributed by atoms with Gasteiger partial charge in [-0.25, -0.2) is 4.79 Å². The molecule has 0 spiro atoms. The topological polar surface area (TPSA) is 54.8 Å². The van der Waals surface area contributed by atoms with Crippen LogP contribution in [0.25, 0.3) is 0 Å². The van der Waals surface area contributed by atoms with Crippen LogP contribution in [-0.2, 0) is 4.74 Å². The number of aryl methyl sites for hydroxylation is 1. The highest BCUT2D eigenvalue weighted by Gasteiger charge is 2.09. The van der Waals surface area contributed by atoms with E-state index in [0.29, 0.717) is 10.7 Å². The summed E-state index contributed by atoms with van der Waals surface area (Å²) in [6.07, 6.45) is 0. The molecule has 0 aromatic heterocycles. The van der Waals surface area contributed by atoms with Gasteiger partial charge in [-0.1, -0.05) is 6.07 Å². The van der Waals surface area contributed by atoms with E-state index in [4.69, 9.17) is 17.0 Å². The largest absolute Gasteiger partial charge is 0.465 e. The smallest absolute Gasteiger partial charge is 0.337 e. The van der Waals surface area contributed by atoms with Gasteiger partial charge >= 0.3 is 5.97 Å². The van der Waals surface area contributed by atoms with Crippen molar-refractivity contribution < 1.29 is 14.4 Å². The van der Waals surface area contributed by atoms with Crippen LogP contribution in [0, 0.1) is 6.92 Å². The minimum atomic E-state index is -0.358. The minimum absolute atomic E-state index is 0.358. The van der Waals surface area contributed by atoms with Crippen LogP contribution in [0.15, 0.2) is 18.2 Å².